The van der Waals surface area contributed by atoms with Gasteiger partial charge >= 0.3 is 6.18 Å². The molecule has 0 atom stereocenters. The Balaban J connectivity index is 1.81. The van der Waals surface area contributed by atoms with Crippen LogP contribution in [0.1, 0.15) is 43.2 Å². The lowest BCUT2D eigenvalue weighted by molar-refractivity contribution is -0.136. The molecule has 41 heavy (non-hydrogen) atoms. The van der Waals surface area contributed by atoms with E-state index in [4.69, 9.17) is 9.52 Å². The maximum absolute atomic E-state index is 14.0. The zero-order valence-corrected chi connectivity index (χ0v) is 25.0. The minimum Gasteiger partial charge on any atom is -0.416 e. The number of rotatable bonds is 8. The van der Waals surface area contributed by atoms with Gasteiger partial charge in [0, 0.05) is 36.7 Å². The van der Waals surface area contributed by atoms with Gasteiger partial charge in [0.2, 0.25) is 0 Å². The lowest BCUT2D eigenvalue weighted by atomic mass is 10.1. The molecular weight excluding hydrogens is 545 g/mol. The number of anilines is 2. The van der Waals surface area contributed by atoms with Crippen LogP contribution in [0.4, 0.5) is 24.7 Å². The number of hydrogen-bond donors (Lipinski definition) is 1. The van der Waals surface area contributed by atoms with Crippen LogP contribution in [0.5, 0.6) is 0 Å². The summed E-state index contributed by atoms with van der Waals surface area (Å²) in [6.45, 7) is 12.9. The maximum atomic E-state index is 14.0. The third kappa shape index (κ3) is 6.83. The van der Waals surface area contributed by atoms with Crippen LogP contribution in [-0.4, -0.2) is 34.7 Å². The number of aryl methyl sites for hydroxylation is 1. The van der Waals surface area contributed by atoms with Gasteiger partial charge < -0.3 is 9.74 Å². The molecule has 0 bridgehead atoms. The van der Waals surface area contributed by atoms with Crippen LogP contribution < -0.4 is 5.32 Å². The normalized spacial score (nSPS) is 12.3. The van der Waals surface area contributed by atoms with Gasteiger partial charge in [-0.25, -0.2) is 9.67 Å². The molecule has 7 nitrogen and oxygen atoms in total. The summed E-state index contributed by atoms with van der Waals surface area (Å²) in [5, 5.41) is 16.8. The van der Waals surface area contributed by atoms with E-state index in [0.29, 0.717) is 41.4 Å². The molecule has 4 rings (SSSR count). The number of alkyl halides is 3. The highest BCUT2D eigenvalue weighted by Crippen LogP contribution is 2.39. The molecule has 0 radical (unpaired) electrons. The standard InChI is InChI=1S/C30H33F3N6OSi/c1-20-17-27(39-15-12-26(38-39)25-9-7-8-14-35-25)22(13-16-40-41(5,6)29(2,3)4)28(36-20)37-24-11-10-21(19-34)18-23(24)30(31,32)33/h7-12,14-15,17-18H,13,16H2,1-6H3,(H,36,37). The fourth-order valence-electron chi connectivity index (χ4n) is 4.06. The quantitative estimate of drug-likeness (QED) is 0.214. The molecule has 0 aliphatic heterocycles. The van der Waals surface area contributed by atoms with Gasteiger partial charge in [0.05, 0.1) is 34.3 Å². The second-order valence-electron chi connectivity index (χ2n) is 11.3. The zero-order valence-electron chi connectivity index (χ0n) is 24.0. The summed E-state index contributed by atoms with van der Waals surface area (Å²) >= 11 is 0. The van der Waals surface area contributed by atoms with Crippen LogP contribution in [0.25, 0.3) is 17.1 Å². The van der Waals surface area contributed by atoms with E-state index in [1.807, 2.05) is 30.3 Å². The van der Waals surface area contributed by atoms with Gasteiger partial charge in [-0.05, 0) is 67.5 Å². The average molecular weight is 579 g/mol. The van der Waals surface area contributed by atoms with E-state index in [1.54, 1.807) is 30.1 Å². The maximum Gasteiger partial charge on any atom is 0.418 e. The second kappa shape index (κ2) is 11.5. The Morgan fingerprint density at radius 2 is 1.80 bits per heavy atom. The van der Waals surface area contributed by atoms with Crippen LogP contribution in [0.15, 0.2) is 60.9 Å². The molecule has 0 aliphatic rings. The minimum atomic E-state index is -4.67. The summed E-state index contributed by atoms with van der Waals surface area (Å²) in [7, 11) is -2.09. The Morgan fingerprint density at radius 3 is 2.44 bits per heavy atom. The molecule has 1 aromatic carbocycles. The van der Waals surface area contributed by atoms with E-state index in [-0.39, 0.29) is 22.1 Å². The van der Waals surface area contributed by atoms with E-state index in [9.17, 15) is 18.4 Å². The molecule has 214 valence electrons. The summed E-state index contributed by atoms with van der Waals surface area (Å²) in [4.78, 5) is 8.98. The lowest BCUT2D eigenvalue weighted by Gasteiger charge is -2.36. The van der Waals surface area contributed by atoms with Crippen LogP contribution in [0, 0.1) is 18.3 Å². The summed E-state index contributed by atoms with van der Waals surface area (Å²) in [5.41, 5.74) is 2.06. The molecule has 0 unspecified atom stereocenters. The number of pyridine rings is 2. The van der Waals surface area contributed by atoms with E-state index in [0.717, 1.165) is 6.07 Å². The number of nitriles is 1. The molecule has 0 fully saturated rings. The third-order valence-electron chi connectivity index (χ3n) is 7.32. The number of benzene rings is 1. The van der Waals surface area contributed by atoms with Gasteiger partial charge in [0.1, 0.15) is 11.5 Å². The first kappa shape index (κ1) is 30.0. The number of nitrogens with one attached hydrogen (secondary N) is 1. The van der Waals surface area contributed by atoms with Gasteiger partial charge in [0.15, 0.2) is 8.32 Å². The molecule has 0 saturated carbocycles. The SMILES string of the molecule is Cc1cc(-n2ccc(-c3ccccn3)n2)c(CCO[Si](C)(C)C(C)(C)C)c(Nc2ccc(C#N)cc2C(F)(F)F)n1. The zero-order chi connectivity index (χ0) is 30.0. The van der Waals surface area contributed by atoms with Crippen molar-refractivity contribution in [3.63, 3.8) is 0 Å². The van der Waals surface area contributed by atoms with Crippen molar-refractivity contribution in [2.75, 3.05) is 11.9 Å². The van der Waals surface area contributed by atoms with Crippen molar-refractivity contribution in [1.29, 1.82) is 5.26 Å². The molecule has 11 heteroatoms. The summed E-state index contributed by atoms with van der Waals surface area (Å²) in [5.74, 6) is 0.268. The Labute approximate surface area is 239 Å². The van der Waals surface area contributed by atoms with Gasteiger partial charge in [-0.3, -0.25) is 4.98 Å². The molecule has 0 amide bonds. The molecule has 3 heterocycles. The third-order valence-corrected chi connectivity index (χ3v) is 11.9. The second-order valence-corrected chi connectivity index (χ2v) is 16.1. The fourth-order valence-corrected chi connectivity index (χ4v) is 5.10. The smallest absolute Gasteiger partial charge is 0.416 e. The molecule has 4 aromatic rings. The van der Waals surface area contributed by atoms with Crippen LogP contribution in [0.3, 0.4) is 0 Å². The molecule has 0 saturated heterocycles. The van der Waals surface area contributed by atoms with Crippen LogP contribution in [0.2, 0.25) is 18.1 Å². The van der Waals surface area contributed by atoms with Crippen molar-refractivity contribution in [3.8, 4) is 23.1 Å². The minimum absolute atomic E-state index is 0.00784. The van der Waals surface area contributed by atoms with Crippen LogP contribution in [-0.2, 0) is 17.0 Å². The highest BCUT2D eigenvalue weighted by molar-refractivity contribution is 6.74. The topological polar surface area (TPSA) is 88.6 Å². The molecule has 0 spiro atoms. The summed E-state index contributed by atoms with van der Waals surface area (Å²) in [6, 6.07) is 14.5. The van der Waals surface area contributed by atoms with Crippen molar-refractivity contribution in [2.45, 2.75) is 58.4 Å². The first-order valence-corrected chi connectivity index (χ1v) is 16.1. The summed E-state index contributed by atoms with van der Waals surface area (Å²) < 4.78 is 50.1. The van der Waals surface area contributed by atoms with E-state index in [1.165, 1.54) is 12.1 Å². The fraction of sp³-hybridized carbons (Fsp3) is 0.333. The number of nitrogens with zero attached hydrogens (tertiary/aromatic N) is 5. The predicted octanol–water partition coefficient (Wildman–Crippen LogP) is 7.84. The van der Waals surface area contributed by atoms with E-state index in [2.05, 4.69) is 49.1 Å². The number of hydrogen-bond acceptors (Lipinski definition) is 6. The van der Waals surface area contributed by atoms with Crippen molar-refractivity contribution in [1.82, 2.24) is 19.7 Å². The van der Waals surface area contributed by atoms with Crippen molar-refractivity contribution >= 4 is 19.8 Å². The molecule has 1 N–H and O–H groups in total. The highest BCUT2D eigenvalue weighted by Gasteiger charge is 2.37. The Kier molecular flexibility index (Phi) is 8.38. The summed E-state index contributed by atoms with van der Waals surface area (Å²) in [6.07, 6.45) is -0.809. The van der Waals surface area contributed by atoms with Crippen LogP contribution >= 0.6 is 0 Å². The molecule has 3 aromatic heterocycles. The Hall–Kier alpha value is -4.01. The van der Waals surface area contributed by atoms with Gasteiger partial charge in [-0.15, -0.1) is 0 Å². The van der Waals surface area contributed by atoms with Crippen molar-refractivity contribution in [2.24, 2.45) is 0 Å². The Bertz CT molecular complexity index is 1570. The van der Waals surface area contributed by atoms with Gasteiger partial charge in [-0.1, -0.05) is 26.8 Å². The number of aromatic nitrogens is 4. The van der Waals surface area contributed by atoms with Crippen molar-refractivity contribution < 1.29 is 17.6 Å². The number of halogens is 3. The predicted molar refractivity (Wildman–Crippen MR) is 156 cm³/mol. The van der Waals surface area contributed by atoms with Gasteiger partial charge in [-0.2, -0.15) is 23.5 Å². The highest BCUT2D eigenvalue weighted by atomic mass is 28.4. The van der Waals surface area contributed by atoms with E-state index < -0.39 is 20.1 Å². The monoisotopic (exact) mass is 578 g/mol. The largest absolute Gasteiger partial charge is 0.418 e. The lowest BCUT2D eigenvalue weighted by Crippen LogP contribution is -2.41. The Morgan fingerprint density at radius 1 is 1.05 bits per heavy atom. The van der Waals surface area contributed by atoms with E-state index >= 15 is 0 Å². The van der Waals surface area contributed by atoms with Gasteiger partial charge in [0.25, 0.3) is 0 Å². The molecular formula is C30H33F3N6OSi. The first-order valence-electron chi connectivity index (χ1n) is 13.2. The average Bonchev–Trinajstić information content (AvgIpc) is 3.39. The molecule has 0 aliphatic carbocycles. The van der Waals surface area contributed by atoms with Crippen molar-refractivity contribution in [3.05, 3.63) is 83.3 Å². The first-order chi connectivity index (χ1) is 19.2.